The smallest absolute Gasteiger partial charge is 0.413 e. The van der Waals surface area contributed by atoms with Crippen molar-refractivity contribution in [3.05, 3.63) is 108 Å². The standard InChI is InChI=1S/C42H46N6O6/c1-41(2,3)54-39(49)47-21-7-10-35(47)37-43-24-33(45-37)31-15-11-29(12-16-31)30-13-17-32(18-14-30)34-25-44-38(46-34)36-27-53-42(19-22-51-23-20-42)48(36)40(50)52-26-28-8-5-4-6-9-28/h4-6,8-9,11-18,24-25,35-36H,7,10,19-23,26-27H2,1-3H3,(H,43,45)(H,44,46). The Morgan fingerprint density at radius 2 is 1.37 bits per heavy atom. The highest BCUT2D eigenvalue weighted by atomic mass is 16.6. The lowest BCUT2D eigenvalue weighted by atomic mass is 10.0. The molecule has 0 bridgehead atoms. The van der Waals surface area contributed by atoms with Gasteiger partial charge in [0.05, 0.1) is 37.3 Å². The molecule has 1 spiro atoms. The van der Waals surface area contributed by atoms with Crippen molar-refractivity contribution in [2.75, 3.05) is 26.4 Å². The van der Waals surface area contributed by atoms with E-state index in [1.54, 1.807) is 9.80 Å². The van der Waals surface area contributed by atoms with Crippen LogP contribution in [0.4, 0.5) is 9.59 Å². The normalized spacial score (nSPS) is 19.7. The van der Waals surface area contributed by atoms with E-state index < -0.39 is 23.5 Å². The fraction of sp³-hybridized carbons (Fsp3) is 0.381. The summed E-state index contributed by atoms with van der Waals surface area (Å²) in [4.78, 5) is 46.5. The van der Waals surface area contributed by atoms with Gasteiger partial charge in [0.1, 0.15) is 29.9 Å². The molecule has 8 rings (SSSR count). The number of H-pyrrole nitrogens is 2. The Morgan fingerprint density at radius 1 is 0.796 bits per heavy atom. The molecule has 2 aromatic heterocycles. The minimum Gasteiger partial charge on any atom is -0.444 e. The van der Waals surface area contributed by atoms with E-state index in [1.807, 2.05) is 63.5 Å². The number of likely N-dealkylation sites (tertiary alicyclic amines) is 1. The van der Waals surface area contributed by atoms with E-state index >= 15 is 0 Å². The summed E-state index contributed by atoms with van der Waals surface area (Å²) in [5.74, 6) is 1.42. The number of carbonyl (C=O) groups is 2. The lowest BCUT2D eigenvalue weighted by Gasteiger charge is -2.40. The van der Waals surface area contributed by atoms with Gasteiger partial charge in [-0.15, -0.1) is 0 Å². The molecular weight excluding hydrogens is 684 g/mol. The largest absolute Gasteiger partial charge is 0.444 e. The van der Waals surface area contributed by atoms with Gasteiger partial charge in [-0.1, -0.05) is 78.9 Å². The first-order chi connectivity index (χ1) is 26.2. The molecule has 0 saturated carbocycles. The number of benzene rings is 3. The number of carbonyl (C=O) groups excluding carboxylic acids is 2. The number of nitrogens with zero attached hydrogens (tertiary/aromatic N) is 4. The summed E-state index contributed by atoms with van der Waals surface area (Å²) < 4.78 is 23.4. The van der Waals surface area contributed by atoms with Gasteiger partial charge in [-0.25, -0.2) is 19.6 Å². The van der Waals surface area contributed by atoms with Crippen molar-refractivity contribution < 1.29 is 28.5 Å². The topological polar surface area (TPSA) is 135 Å². The summed E-state index contributed by atoms with van der Waals surface area (Å²) >= 11 is 0. The molecule has 5 aromatic rings. The molecule has 2 atom stereocenters. The van der Waals surface area contributed by atoms with Crippen LogP contribution in [-0.2, 0) is 25.6 Å². The summed E-state index contributed by atoms with van der Waals surface area (Å²) in [6.07, 6.45) is 5.93. The van der Waals surface area contributed by atoms with Crippen molar-refractivity contribution in [3.63, 3.8) is 0 Å². The zero-order valence-corrected chi connectivity index (χ0v) is 30.9. The van der Waals surface area contributed by atoms with Crippen LogP contribution in [0.2, 0.25) is 0 Å². The molecule has 54 heavy (non-hydrogen) atoms. The Morgan fingerprint density at radius 3 is 1.96 bits per heavy atom. The molecule has 2 amide bonds. The molecule has 2 N–H and O–H groups in total. The van der Waals surface area contributed by atoms with Crippen LogP contribution in [0.15, 0.2) is 91.3 Å². The van der Waals surface area contributed by atoms with Gasteiger partial charge < -0.3 is 28.9 Å². The van der Waals surface area contributed by atoms with Crippen molar-refractivity contribution >= 4 is 12.2 Å². The zero-order valence-electron chi connectivity index (χ0n) is 30.9. The van der Waals surface area contributed by atoms with Crippen molar-refractivity contribution in [3.8, 4) is 33.6 Å². The van der Waals surface area contributed by atoms with E-state index in [1.165, 1.54) is 0 Å². The van der Waals surface area contributed by atoms with E-state index in [0.717, 1.165) is 57.9 Å². The van der Waals surface area contributed by atoms with E-state index in [2.05, 4.69) is 58.5 Å². The van der Waals surface area contributed by atoms with Crippen molar-refractivity contribution in [1.82, 2.24) is 29.7 Å². The predicted octanol–water partition coefficient (Wildman–Crippen LogP) is 8.42. The Hall–Kier alpha value is -5.46. The van der Waals surface area contributed by atoms with E-state index in [4.69, 9.17) is 28.9 Å². The third-order valence-corrected chi connectivity index (χ3v) is 10.3. The van der Waals surface area contributed by atoms with Gasteiger partial charge in [-0.3, -0.25) is 9.80 Å². The maximum absolute atomic E-state index is 13.7. The maximum atomic E-state index is 13.7. The summed E-state index contributed by atoms with van der Waals surface area (Å²) in [7, 11) is 0. The highest BCUT2D eigenvalue weighted by Gasteiger charge is 2.53. The Kier molecular flexibility index (Phi) is 9.72. The summed E-state index contributed by atoms with van der Waals surface area (Å²) in [6, 6.07) is 25.7. The molecule has 3 aromatic carbocycles. The Balaban J connectivity index is 0.940. The minimum absolute atomic E-state index is 0.132. The molecule has 0 radical (unpaired) electrons. The number of aromatic amines is 2. The van der Waals surface area contributed by atoms with Gasteiger partial charge in [0.2, 0.25) is 0 Å². The Bertz CT molecular complexity index is 2060. The third kappa shape index (κ3) is 7.36. The van der Waals surface area contributed by atoms with Crippen molar-refractivity contribution in [2.45, 2.75) is 76.5 Å². The minimum atomic E-state index is -0.792. The average Bonchev–Trinajstić information content (AvgIpc) is 4.01. The summed E-state index contributed by atoms with van der Waals surface area (Å²) in [6.45, 7) is 7.80. The van der Waals surface area contributed by atoms with Crippen molar-refractivity contribution in [2.24, 2.45) is 0 Å². The number of nitrogens with one attached hydrogen (secondary N) is 2. The fourth-order valence-corrected chi connectivity index (χ4v) is 7.59. The monoisotopic (exact) mass is 730 g/mol. The van der Waals surface area contributed by atoms with Gasteiger partial charge in [0, 0.05) is 42.9 Å². The van der Waals surface area contributed by atoms with Crippen LogP contribution >= 0.6 is 0 Å². The fourth-order valence-electron chi connectivity index (χ4n) is 7.59. The highest BCUT2D eigenvalue weighted by molar-refractivity contribution is 5.72. The number of hydrogen-bond acceptors (Lipinski definition) is 8. The van der Waals surface area contributed by atoms with Gasteiger partial charge in [-0.05, 0) is 50.3 Å². The lowest BCUT2D eigenvalue weighted by Crippen LogP contribution is -2.52. The summed E-state index contributed by atoms with van der Waals surface area (Å²) in [5, 5.41) is 0. The zero-order chi connectivity index (χ0) is 37.3. The van der Waals surface area contributed by atoms with Crippen LogP contribution in [0.1, 0.15) is 75.8 Å². The lowest BCUT2D eigenvalue weighted by molar-refractivity contribution is -0.137. The first kappa shape index (κ1) is 35.6. The highest BCUT2D eigenvalue weighted by Crippen LogP contribution is 2.43. The quantitative estimate of drug-likeness (QED) is 0.170. The predicted molar refractivity (Wildman–Crippen MR) is 202 cm³/mol. The molecule has 2 unspecified atom stereocenters. The van der Waals surface area contributed by atoms with Gasteiger partial charge in [0.15, 0.2) is 5.72 Å². The molecule has 5 heterocycles. The second-order valence-corrected chi connectivity index (χ2v) is 15.1. The van der Waals surface area contributed by atoms with Crippen LogP contribution in [0.5, 0.6) is 0 Å². The third-order valence-electron chi connectivity index (χ3n) is 10.3. The number of imidazole rings is 2. The molecule has 3 fully saturated rings. The molecule has 3 saturated heterocycles. The van der Waals surface area contributed by atoms with Crippen LogP contribution < -0.4 is 0 Å². The van der Waals surface area contributed by atoms with E-state index in [9.17, 15) is 9.59 Å². The molecule has 0 aliphatic carbocycles. The molecule has 3 aliphatic heterocycles. The van der Waals surface area contributed by atoms with Crippen LogP contribution in [0, 0.1) is 0 Å². The first-order valence-corrected chi connectivity index (χ1v) is 18.7. The SMILES string of the molecule is CC(C)(C)OC(=O)N1CCCC1c1nc(-c2ccc(-c3ccc(-c4c[nH]c(C5COC6(CCOCC6)N5C(=O)OCc5ccccc5)n4)cc3)cc2)c[nH]1. The van der Waals surface area contributed by atoms with E-state index in [-0.39, 0.29) is 18.7 Å². The second kappa shape index (κ2) is 14.8. The van der Waals surface area contributed by atoms with Crippen LogP contribution in [-0.4, -0.2) is 79.6 Å². The second-order valence-electron chi connectivity index (χ2n) is 15.1. The molecular formula is C42H46N6O6. The summed E-state index contributed by atoms with van der Waals surface area (Å²) in [5.41, 5.74) is 5.27. The van der Waals surface area contributed by atoms with Gasteiger partial charge in [0.25, 0.3) is 0 Å². The number of ether oxygens (including phenoxy) is 4. The molecule has 12 nitrogen and oxygen atoms in total. The molecule has 280 valence electrons. The van der Waals surface area contributed by atoms with Crippen LogP contribution in [0.25, 0.3) is 33.6 Å². The maximum Gasteiger partial charge on any atom is 0.413 e. The molecule has 3 aliphatic rings. The number of amides is 2. The van der Waals surface area contributed by atoms with Gasteiger partial charge in [-0.2, -0.15) is 0 Å². The van der Waals surface area contributed by atoms with Gasteiger partial charge >= 0.3 is 12.2 Å². The van der Waals surface area contributed by atoms with E-state index in [0.29, 0.717) is 45.0 Å². The first-order valence-electron chi connectivity index (χ1n) is 18.7. The van der Waals surface area contributed by atoms with Crippen molar-refractivity contribution in [1.29, 1.82) is 0 Å². The average molecular weight is 731 g/mol. The van der Waals surface area contributed by atoms with Crippen LogP contribution in [0.3, 0.4) is 0 Å². The molecule has 12 heteroatoms. The number of aromatic nitrogens is 4. The Labute approximate surface area is 314 Å². The number of rotatable bonds is 7. The number of hydrogen-bond donors (Lipinski definition) is 2.